The summed E-state index contributed by atoms with van der Waals surface area (Å²) < 4.78 is 1.83. The molecule has 2 aliphatic rings. The molecule has 4 rings (SSSR count). The van der Waals surface area contributed by atoms with Crippen molar-refractivity contribution in [3.63, 3.8) is 0 Å². The number of carbonyl (C=O) groups excluding carboxylic acids is 1. The fraction of sp³-hybridized carbons (Fsp3) is 0.583. The number of nitrogens with zero attached hydrogens (tertiary/aromatic N) is 6. The van der Waals surface area contributed by atoms with Gasteiger partial charge in [0.2, 0.25) is 0 Å². The van der Waals surface area contributed by atoms with Gasteiger partial charge in [0.05, 0.1) is 18.2 Å². The lowest BCUT2D eigenvalue weighted by molar-refractivity contribution is 0.0789. The third-order valence-electron chi connectivity index (χ3n) is 4.16. The van der Waals surface area contributed by atoms with Crippen molar-refractivity contribution in [2.75, 3.05) is 20.1 Å². The largest absolute Gasteiger partial charge is 0.340 e. The zero-order valence-electron chi connectivity index (χ0n) is 11.7. The smallest absolute Gasteiger partial charge is 0.272 e. The number of nitrogens with one attached hydrogen (secondary N) is 2. The van der Waals surface area contributed by atoms with Gasteiger partial charge in [-0.15, -0.1) is 5.10 Å². The van der Waals surface area contributed by atoms with Crippen LogP contribution < -0.4 is 5.32 Å². The van der Waals surface area contributed by atoms with Gasteiger partial charge in [-0.25, -0.2) is 5.10 Å². The minimum absolute atomic E-state index is 0.0161. The molecule has 0 spiro atoms. The first kappa shape index (κ1) is 12.5. The number of likely N-dealkylation sites (N-methyl/N-ethyl adjacent to an activating group) is 1. The molecule has 1 amide bonds. The van der Waals surface area contributed by atoms with Crippen molar-refractivity contribution in [1.29, 1.82) is 0 Å². The Morgan fingerprint density at radius 3 is 3.05 bits per heavy atom. The molecule has 110 valence electrons. The number of H-pyrrole nitrogens is 1. The summed E-state index contributed by atoms with van der Waals surface area (Å²) >= 11 is 0. The molecular formula is C12H16N8O. The van der Waals surface area contributed by atoms with E-state index in [0.717, 1.165) is 24.2 Å². The van der Waals surface area contributed by atoms with Crippen LogP contribution in [-0.2, 0) is 19.5 Å². The summed E-state index contributed by atoms with van der Waals surface area (Å²) in [6.45, 7) is 2.79. The minimum atomic E-state index is 0.0161. The van der Waals surface area contributed by atoms with Crippen LogP contribution in [-0.4, -0.2) is 61.3 Å². The molecule has 2 aromatic heterocycles. The van der Waals surface area contributed by atoms with Gasteiger partial charge in [-0.1, -0.05) is 0 Å². The van der Waals surface area contributed by atoms with Crippen LogP contribution in [0, 0.1) is 0 Å². The maximum Gasteiger partial charge on any atom is 0.272 e. The highest BCUT2D eigenvalue weighted by Gasteiger charge is 2.33. The first-order valence-corrected chi connectivity index (χ1v) is 7.02. The molecule has 1 unspecified atom stereocenters. The number of tetrazole rings is 1. The van der Waals surface area contributed by atoms with Gasteiger partial charge in [0.1, 0.15) is 5.69 Å². The molecule has 0 aliphatic carbocycles. The van der Waals surface area contributed by atoms with Crippen molar-refractivity contribution in [1.82, 2.24) is 40.6 Å². The van der Waals surface area contributed by atoms with E-state index < -0.39 is 0 Å². The number of carbonyl (C=O) groups is 1. The summed E-state index contributed by atoms with van der Waals surface area (Å²) in [4.78, 5) is 14.4. The number of amides is 1. The van der Waals surface area contributed by atoms with Gasteiger partial charge in [0.25, 0.3) is 5.91 Å². The van der Waals surface area contributed by atoms with Crippen molar-refractivity contribution in [2.45, 2.75) is 25.4 Å². The molecule has 2 aromatic rings. The van der Waals surface area contributed by atoms with Crippen molar-refractivity contribution >= 4 is 5.91 Å². The summed E-state index contributed by atoms with van der Waals surface area (Å²) in [5.41, 5.74) is 2.77. The Morgan fingerprint density at radius 2 is 2.24 bits per heavy atom. The van der Waals surface area contributed by atoms with E-state index in [2.05, 4.69) is 31.0 Å². The molecule has 0 aromatic carbocycles. The third-order valence-corrected chi connectivity index (χ3v) is 4.16. The SMILES string of the molecule is CN1CC(c2nnn[nH]2)Cn2nc3c(c2C1=O)CNCC3. The van der Waals surface area contributed by atoms with E-state index in [1.54, 1.807) is 4.90 Å². The molecule has 1 atom stereocenters. The Labute approximate surface area is 120 Å². The molecule has 9 nitrogen and oxygen atoms in total. The predicted octanol–water partition coefficient (Wildman–Crippen LogP) is -1.09. The number of hydrogen-bond donors (Lipinski definition) is 2. The molecule has 2 aliphatic heterocycles. The summed E-state index contributed by atoms with van der Waals surface area (Å²) in [6.07, 6.45) is 0.862. The molecular weight excluding hydrogens is 272 g/mol. The highest BCUT2D eigenvalue weighted by Crippen LogP contribution is 2.26. The molecule has 9 heteroatoms. The molecule has 0 fully saturated rings. The lowest BCUT2D eigenvalue weighted by Crippen LogP contribution is -2.31. The van der Waals surface area contributed by atoms with Crippen molar-refractivity contribution in [3.05, 3.63) is 22.8 Å². The van der Waals surface area contributed by atoms with Crippen molar-refractivity contribution < 1.29 is 4.79 Å². The summed E-state index contributed by atoms with van der Waals surface area (Å²) in [7, 11) is 1.81. The van der Waals surface area contributed by atoms with Crippen LogP contribution in [0.25, 0.3) is 0 Å². The average Bonchev–Trinajstić information content (AvgIpc) is 3.10. The fourth-order valence-electron chi connectivity index (χ4n) is 3.10. The van der Waals surface area contributed by atoms with Crippen LogP contribution >= 0.6 is 0 Å². The topological polar surface area (TPSA) is 105 Å². The number of aromatic amines is 1. The van der Waals surface area contributed by atoms with Crippen LogP contribution in [0.2, 0.25) is 0 Å². The zero-order valence-corrected chi connectivity index (χ0v) is 11.7. The summed E-state index contributed by atoms with van der Waals surface area (Å²) in [5, 5.41) is 22.0. The Hall–Kier alpha value is -2.29. The van der Waals surface area contributed by atoms with Crippen LogP contribution in [0.15, 0.2) is 0 Å². The Bertz CT molecular complexity index is 676. The Morgan fingerprint density at radius 1 is 1.33 bits per heavy atom. The van der Waals surface area contributed by atoms with E-state index in [9.17, 15) is 4.79 Å². The maximum absolute atomic E-state index is 12.7. The van der Waals surface area contributed by atoms with E-state index in [-0.39, 0.29) is 11.8 Å². The van der Waals surface area contributed by atoms with Crippen LogP contribution in [0.5, 0.6) is 0 Å². The molecule has 0 radical (unpaired) electrons. The predicted molar refractivity (Wildman–Crippen MR) is 71.5 cm³/mol. The van der Waals surface area contributed by atoms with Crippen molar-refractivity contribution in [3.8, 4) is 0 Å². The first-order chi connectivity index (χ1) is 10.2. The van der Waals surface area contributed by atoms with Gasteiger partial charge in [-0.05, 0) is 10.4 Å². The fourth-order valence-corrected chi connectivity index (χ4v) is 3.10. The summed E-state index contributed by atoms with van der Waals surface area (Å²) in [5.74, 6) is 0.723. The highest BCUT2D eigenvalue weighted by atomic mass is 16.2. The second-order valence-electron chi connectivity index (χ2n) is 5.55. The second kappa shape index (κ2) is 4.62. The van der Waals surface area contributed by atoms with Gasteiger partial charge in [-0.3, -0.25) is 9.48 Å². The number of fused-ring (bicyclic) bond motifs is 3. The maximum atomic E-state index is 12.7. The van der Waals surface area contributed by atoms with Gasteiger partial charge < -0.3 is 10.2 Å². The normalized spacial score (nSPS) is 21.9. The lowest BCUT2D eigenvalue weighted by Gasteiger charge is -2.19. The number of rotatable bonds is 1. The summed E-state index contributed by atoms with van der Waals surface area (Å²) in [6, 6.07) is 0. The molecule has 4 heterocycles. The number of hydrogen-bond acceptors (Lipinski definition) is 6. The molecule has 0 bridgehead atoms. The lowest BCUT2D eigenvalue weighted by atomic mass is 10.1. The average molecular weight is 288 g/mol. The Balaban J connectivity index is 1.79. The second-order valence-corrected chi connectivity index (χ2v) is 5.55. The quantitative estimate of drug-likeness (QED) is 0.691. The van der Waals surface area contributed by atoms with Crippen LogP contribution in [0.3, 0.4) is 0 Å². The highest BCUT2D eigenvalue weighted by molar-refractivity contribution is 5.94. The first-order valence-electron chi connectivity index (χ1n) is 7.02. The van der Waals surface area contributed by atoms with Crippen LogP contribution in [0.4, 0.5) is 0 Å². The molecule has 0 saturated carbocycles. The van der Waals surface area contributed by atoms with Gasteiger partial charge >= 0.3 is 0 Å². The molecule has 0 saturated heterocycles. The zero-order chi connectivity index (χ0) is 14.4. The minimum Gasteiger partial charge on any atom is -0.340 e. The van der Waals surface area contributed by atoms with Crippen LogP contribution in [0.1, 0.15) is 33.5 Å². The van der Waals surface area contributed by atoms with E-state index in [1.165, 1.54) is 0 Å². The van der Waals surface area contributed by atoms with Crippen molar-refractivity contribution in [2.24, 2.45) is 0 Å². The van der Waals surface area contributed by atoms with Gasteiger partial charge in [0, 0.05) is 38.7 Å². The van der Waals surface area contributed by atoms with Gasteiger partial charge in [0.15, 0.2) is 5.82 Å². The standard InChI is InChI=1S/C12H16N8O/c1-19-5-7(11-14-17-18-15-11)6-20-10(12(19)21)8-4-13-3-2-9(8)16-20/h7,13H,2-6H2,1H3,(H,14,15,17,18). The number of aromatic nitrogens is 6. The Kier molecular flexibility index (Phi) is 2.74. The van der Waals surface area contributed by atoms with E-state index in [0.29, 0.717) is 31.2 Å². The van der Waals surface area contributed by atoms with E-state index >= 15 is 0 Å². The third kappa shape index (κ3) is 1.92. The molecule has 21 heavy (non-hydrogen) atoms. The molecule has 2 N–H and O–H groups in total. The van der Waals surface area contributed by atoms with E-state index in [4.69, 9.17) is 0 Å². The van der Waals surface area contributed by atoms with Gasteiger partial charge in [-0.2, -0.15) is 5.10 Å². The van der Waals surface area contributed by atoms with E-state index in [1.807, 2.05) is 11.7 Å². The monoisotopic (exact) mass is 288 g/mol.